The van der Waals surface area contributed by atoms with Crippen LogP contribution in [0.1, 0.15) is 10.5 Å². The fraction of sp³-hybridized carbons (Fsp3) is 0.167. The number of oxazole rings is 1. The Bertz CT molecular complexity index is 576. The van der Waals surface area contributed by atoms with Gasteiger partial charge in [-0.1, -0.05) is 6.07 Å². The van der Waals surface area contributed by atoms with Crippen LogP contribution in [0.15, 0.2) is 29.0 Å². The highest BCUT2D eigenvalue weighted by Gasteiger charge is 2.22. The number of aromatic nitrogens is 1. The molecule has 0 spiro atoms. The fourth-order valence-electron chi connectivity index (χ4n) is 1.66. The van der Waals surface area contributed by atoms with E-state index < -0.39 is 5.97 Å². The van der Waals surface area contributed by atoms with E-state index in [4.69, 9.17) is 19.0 Å². The minimum Gasteiger partial charge on any atom is -0.493 e. The van der Waals surface area contributed by atoms with E-state index in [1.807, 2.05) is 0 Å². The van der Waals surface area contributed by atoms with E-state index in [2.05, 4.69) is 4.98 Å². The number of ether oxygens (including phenoxy) is 2. The van der Waals surface area contributed by atoms with Crippen molar-refractivity contribution in [1.82, 2.24) is 4.98 Å². The Labute approximate surface area is 103 Å². The SMILES string of the molecule is COc1cccc(-c2ocnc2C(=O)O)c1OC. The summed E-state index contributed by atoms with van der Waals surface area (Å²) in [5, 5.41) is 9.01. The summed E-state index contributed by atoms with van der Waals surface area (Å²) in [7, 11) is 2.97. The highest BCUT2D eigenvalue weighted by Crippen LogP contribution is 2.38. The van der Waals surface area contributed by atoms with E-state index >= 15 is 0 Å². The van der Waals surface area contributed by atoms with Gasteiger partial charge in [-0.15, -0.1) is 0 Å². The van der Waals surface area contributed by atoms with Crippen molar-refractivity contribution in [3.8, 4) is 22.8 Å². The van der Waals surface area contributed by atoms with Gasteiger partial charge in [0.1, 0.15) is 0 Å². The molecule has 2 rings (SSSR count). The van der Waals surface area contributed by atoms with Crippen LogP contribution in [0.2, 0.25) is 0 Å². The molecule has 0 unspecified atom stereocenters. The average Bonchev–Trinajstić information content (AvgIpc) is 2.86. The number of para-hydroxylation sites is 1. The highest BCUT2D eigenvalue weighted by atomic mass is 16.5. The number of carbonyl (C=O) groups is 1. The normalized spacial score (nSPS) is 10.1. The molecular formula is C12H11NO5. The van der Waals surface area contributed by atoms with Gasteiger partial charge < -0.3 is 19.0 Å². The summed E-state index contributed by atoms with van der Waals surface area (Å²) >= 11 is 0. The van der Waals surface area contributed by atoms with E-state index in [1.165, 1.54) is 14.2 Å². The zero-order chi connectivity index (χ0) is 13.1. The van der Waals surface area contributed by atoms with Crippen LogP contribution >= 0.6 is 0 Å². The Morgan fingerprint density at radius 1 is 1.33 bits per heavy atom. The summed E-state index contributed by atoms with van der Waals surface area (Å²) in [6.07, 6.45) is 1.08. The molecular weight excluding hydrogens is 238 g/mol. The molecule has 1 aromatic carbocycles. The monoisotopic (exact) mass is 249 g/mol. The van der Waals surface area contributed by atoms with Crippen molar-refractivity contribution in [2.75, 3.05) is 14.2 Å². The first-order chi connectivity index (χ1) is 8.69. The molecule has 6 heteroatoms. The second-order valence-electron chi connectivity index (χ2n) is 3.38. The van der Waals surface area contributed by atoms with Crippen LogP contribution in [0.5, 0.6) is 11.5 Å². The maximum absolute atomic E-state index is 11.0. The van der Waals surface area contributed by atoms with Gasteiger partial charge in [0, 0.05) is 0 Å². The van der Waals surface area contributed by atoms with Gasteiger partial charge in [0.2, 0.25) is 0 Å². The molecule has 0 atom stereocenters. The Morgan fingerprint density at radius 2 is 2.11 bits per heavy atom. The third-order valence-electron chi connectivity index (χ3n) is 2.42. The largest absolute Gasteiger partial charge is 0.493 e. The predicted octanol–water partition coefficient (Wildman–Crippen LogP) is 2.06. The second kappa shape index (κ2) is 4.79. The van der Waals surface area contributed by atoms with Crippen molar-refractivity contribution >= 4 is 5.97 Å². The van der Waals surface area contributed by atoms with Crippen LogP contribution in [0.3, 0.4) is 0 Å². The van der Waals surface area contributed by atoms with Gasteiger partial charge in [0.15, 0.2) is 29.3 Å². The van der Waals surface area contributed by atoms with Crippen LogP contribution in [-0.2, 0) is 0 Å². The van der Waals surface area contributed by atoms with Gasteiger partial charge in [-0.2, -0.15) is 0 Å². The van der Waals surface area contributed by atoms with E-state index in [1.54, 1.807) is 18.2 Å². The lowest BCUT2D eigenvalue weighted by Gasteiger charge is -2.10. The third-order valence-corrected chi connectivity index (χ3v) is 2.42. The molecule has 0 fully saturated rings. The summed E-state index contributed by atoms with van der Waals surface area (Å²) in [4.78, 5) is 14.7. The summed E-state index contributed by atoms with van der Waals surface area (Å²) in [5.74, 6) is -0.135. The summed E-state index contributed by atoms with van der Waals surface area (Å²) in [6, 6.07) is 5.10. The van der Waals surface area contributed by atoms with E-state index in [-0.39, 0.29) is 11.5 Å². The second-order valence-corrected chi connectivity index (χ2v) is 3.38. The molecule has 0 aliphatic heterocycles. The smallest absolute Gasteiger partial charge is 0.358 e. The first-order valence-corrected chi connectivity index (χ1v) is 5.07. The molecule has 0 amide bonds. The minimum absolute atomic E-state index is 0.137. The number of rotatable bonds is 4. The zero-order valence-corrected chi connectivity index (χ0v) is 9.84. The molecule has 6 nitrogen and oxygen atoms in total. The number of carboxylic acid groups (broad SMARTS) is 1. The Hall–Kier alpha value is -2.50. The maximum atomic E-state index is 11.0. The molecule has 0 radical (unpaired) electrons. The Kier molecular flexibility index (Phi) is 3.18. The Balaban J connectivity index is 2.63. The molecule has 1 N–H and O–H groups in total. The van der Waals surface area contributed by atoms with Crippen molar-refractivity contribution in [2.24, 2.45) is 0 Å². The standard InChI is InChI=1S/C12H11NO5/c1-16-8-5-3-4-7(10(8)17-2)11-9(12(14)15)13-6-18-11/h3-6H,1-2H3,(H,14,15). The average molecular weight is 249 g/mol. The van der Waals surface area contributed by atoms with E-state index in [0.29, 0.717) is 17.1 Å². The van der Waals surface area contributed by atoms with E-state index in [0.717, 1.165) is 6.39 Å². The first-order valence-electron chi connectivity index (χ1n) is 5.07. The van der Waals surface area contributed by atoms with Crippen LogP contribution in [0.4, 0.5) is 0 Å². The highest BCUT2D eigenvalue weighted by molar-refractivity contribution is 5.93. The lowest BCUT2D eigenvalue weighted by Crippen LogP contribution is -2.00. The first kappa shape index (κ1) is 12.0. The van der Waals surface area contributed by atoms with Gasteiger partial charge in [-0.05, 0) is 12.1 Å². The molecule has 0 saturated heterocycles. The summed E-state index contributed by atoms with van der Waals surface area (Å²) < 4.78 is 15.5. The van der Waals surface area contributed by atoms with Crippen molar-refractivity contribution in [3.63, 3.8) is 0 Å². The van der Waals surface area contributed by atoms with Gasteiger partial charge in [0.25, 0.3) is 0 Å². The summed E-state index contributed by atoms with van der Waals surface area (Å²) in [6.45, 7) is 0. The number of carboxylic acids is 1. The molecule has 0 aliphatic carbocycles. The molecule has 94 valence electrons. The fourth-order valence-corrected chi connectivity index (χ4v) is 1.66. The molecule has 0 aliphatic rings. The lowest BCUT2D eigenvalue weighted by atomic mass is 10.1. The lowest BCUT2D eigenvalue weighted by molar-refractivity contribution is 0.0691. The molecule has 0 saturated carbocycles. The number of nitrogens with zero attached hydrogens (tertiary/aromatic N) is 1. The van der Waals surface area contributed by atoms with E-state index in [9.17, 15) is 4.79 Å². The van der Waals surface area contributed by atoms with Gasteiger partial charge in [-0.3, -0.25) is 0 Å². The molecule has 2 aromatic rings. The van der Waals surface area contributed by atoms with Gasteiger partial charge in [-0.25, -0.2) is 9.78 Å². The van der Waals surface area contributed by atoms with Crippen molar-refractivity contribution in [1.29, 1.82) is 0 Å². The number of hydrogen-bond donors (Lipinski definition) is 1. The van der Waals surface area contributed by atoms with Crippen LogP contribution < -0.4 is 9.47 Å². The molecule has 1 heterocycles. The maximum Gasteiger partial charge on any atom is 0.358 e. The van der Waals surface area contributed by atoms with Gasteiger partial charge in [0.05, 0.1) is 19.8 Å². The molecule has 0 bridgehead atoms. The van der Waals surface area contributed by atoms with Crippen molar-refractivity contribution in [2.45, 2.75) is 0 Å². The quantitative estimate of drug-likeness (QED) is 0.893. The minimum atomic E-state index is -1.16. The Morgan fingerprint density at radius 3 is 2.72 bits per heavy atom. The zero-order valence-electron chi connectivity index (χ0n) is 9.84. The third kappa shape index (κ3) is 1.88. The van der Waals surface area contributed by atoms with Crippen molar-refractivity contribution < 1.29 is 23.8 Å². The molecule has 1 aromatic heterocycles. The number of methoxy groups -OCH3 is 2. The van der Waals surface area contributed by atoms with Crippen molar-refractivity contribution in [3.05, 3.63) is 30.3 Å². The number of benzene rings is 1. The summed E-state index contributed by atoms with van der Waals surface area (Å²) in [5.41, 5.74) is 0.313. The van der Waals surface area contributed by atoms with Crippen LogP contribution in [0, 0.1) is 0 Å². The van der Waals surface area contributed by atoms with Crippen LogP contribution in [0.25, 0.3) is 11.3 Å². The van der Waals surface area contributed by atoms with Crippen LogP contribution in [-0.4, -0.2) is 30.3 Å². The molecule has 18 heavy (non-hydrogen) atoms. The predicted molar refractivity (Wildman–Crippen MR) is 62.0 cm³/mol. The van der Waals surface area contributed by atoms with Gasteiger partial charge >= 0.3 is 5.97 Å². The topological polar surface area (TPSA) is 81.8 Å². The number of aromatic carboxylic acids is 1. The number of hydrogen-bond acceptors (Lipinski definition) is 5.